The molecule has 8 rings (SSSR count). The third kappa shape index (κ3) is 11.6. The van der Waals surface area contributed by atoms with E-state index in [2.05, 4.69) is 36.4 Å². The van der Waals surface area contributed by atoms with Gasteiger partial charge in [0.05, 0.1) is 21.9 Å². The first kappa shape index (κ1) is 59.6. The molecule has 1 aromatic heterocycles. The van der Waals surface area contributed by atoms with Gasteiger partial charge in [-0.3, -0.25) is 24.0 Å². The molecular weight excluding hydrogens is 1020 g/mol. The number of fused-ring (bicyclic) bond motifs is 3. The van der Waals surface area contributed by atoms with E-state index in [4.69, 9.17) is 4.74 Å². The van der Waals surface area contributed by atoms with Gasteiger partial charge < -0.3 is 40.5 Å². The van der Waals surface area contributed by atoms with Gasteiger partial charge in [0, 0.05) is 86.3 Å². The minimum atomic E-state index is -1.11. The van der Waals surface area contributed by atoms with E-state index in [0.29, 0.717) is 69.5 Å². The van der Waals surface area contributed by atoms with E-state index < -0.39 is 29.1 Å². The number of carboxylic acids is 1. The standard InChI is InChI=1S/C61H84N6O11S/c1-35(42-17-18-43-54-60(24-23-58(42,43)7)34-61(54,77)31-39-29-40(68)21-22-59(39,60)8)15-20-48(70)64-45(55(74)75)13-10-11-25-63-47(69)14-12-26-67(56(76)78-41-16-19-44-46(30-41)79-49(33-62)65-44)28-27-66(9)50(71)32-57(5,6)51-38(4)52(72)36(2)37(3)53(51)73/h16,19,30,35,39-40,42-43,45,54,68,77H,10-15,17-18,20-29,31-32,34H2,1-9H3,(H,63,69)(H,64,70)(H,74,75)/t35-,39+,40-,42-,43+,45?,54+,58-,59+,60-,61-/m1/s1. The highest BCUT2D eigenvalue weighted by molar-refractivity contribution is 7.19. The second kappa shape index (κ2) is 23.2. The lowest BCUT2D eigenvalue weighted by Crippen LogP contribution is -2.78. The minimum Gasteiger partial charge on any atom is -0.480 e. The van der Waals surface area contributed by atoms with Gasteiger partial charge in [-0.1, -0.05) is 34.6 Å². The van der Waals surface area contributed by atoms with Crippen molar-refractivity contribution in [3.8, 4) is 11.8 Å². The summed E-state index contributed by atoms with van der Waals surface area (Å²) in [5, 5.41) is 48.0. The SMILES string of the molecule is CC1=C(C)C(=O)C(C(C)(C)CC(=O)N(C)CCN(CCCC(=O)NCCCCC(NC(=O)CC[C@@H](C)[C@H]2CC[C@H]3[C@@H]4[C@@]5(O)C[C@@H]6C[C@H](O)CC[C@]6(C)[C@]4(CC[C@]23C)C5)C(=O)O)C(=O)Oc2ccc3nc(C#N)sc3c2)=C(C)C1=O. The molecule has 2 aromatic rings. The molecule has 79 heavy (non-hydrogen) atoms. The van der Waals surface area contributed by atoms with Gasteiger partial charge in [-0.25, -0.2) is 14.6 Å². The molecule has 2 bridgehead atoms. The Bertz CT molecular complexity index is 2870. The predicted octanol–water partition coefficient (Wildman–Crippen LogP) is 8.84. The molecule has 11 atom stereocenters. The molecule has 17 nitrogen and oxygen atoms in total. The number of unbranched alkanes of at least 4 members (excludes halogenated alkanes) is 1. The Morgan fingerprint density at radius 3 is 2.39 bits per heavy atom. The van der Waals surface area contributed by atoms with E-state index in [9.17, 15) is 54.1 Å². The number of carboxylic acid groups (broad SMARTS) is 1. The molecule has 5 N–H and O–H groups in total. The fraction of sp³-hybridized carbons (Fsp3) is 0.689. The van der Waals surface area contributed by atoms with E-state index in [1.807, 2.05) is 6.07 Å². The van der Waals surface area contributed by atoms with Crippen molar-refractivity contribution in [1.82, 2.24) is 25.4 Å². The van der Waals surface area contributed by atoms with Crippen LogP contribution in [0.5, 0.6) is 5.75 Å². The molecule has 0 aliphatic heterocycles. The number of Topliss-reactive ketones (excluding diaryl/α,β-unsaturated/α-hetero) is 2. The van der Waals surface area contributed by atoms with Crippen LogP contribution in [0.15, 0.2) is 40.5 Å². The zero-order valence-electron chi connectivity index (χ0n) is 47.9. The Morgan fingerprint density at radius 2 is 1.67 bits per heavy atom. The maximum atomic E-state index is 13.7. The number of ether oxygens (including phenoxy) is 1. The Kier molecular flexibility index (Phi) is 17.5. The van der Waals surface area contributed by atoms with Crippen molar-refractivity contribution in [2.75, 3.05) is 33.2 Å². The fourth-order valence-corrected chi connectivity index (χ4v) is 17.1. The van der Waals surface area contributed by atoms with Crippen LogP contribution in [0.25, 0.3) is 10.2 Å². The van der Waals surface area contributed by atoms with Crippen LogP contribution in [-0.4, -0.2) is 122 Å². The topological polar surface area (TPSA) is 257 Å². The molecule has 1 heterocycles. The number of thiazole rings is 1. The first-order valence-corrected chi connectivity index (χ1v) is 29.7. The average molecular weight is 1110 g/mol. The zero-order chi connectivity index (χ0) is 57.6. The van der Waals surface area contributed by atoms with E-state index in [1.165, 1.54) is 9.80 Å². The van der Waals surface area contributed by atoms with Gasteiger partial charge in [0.25, 0.3) is 0 Å². The molecule has 1 unspecified atom stereocenters. The van der Waals surface area contributed by atoms with Crippen LogP contribution in [0.4, 0.5) is 4.79 Å². The molecule has 0 saturated heterocycles. The fourth-order valence-electron chi connectivity index (χ4n) is 16.3. The van der Waals surface area contributed by atoms with E-state index in [1.54, 1.807) is 59.9 Å². The van der Waals surface area contributed by atoms with Crippen molar-refractivity contribution in [2.45, 2.75) is 182 Å². The summed E-state index contributed by atoms with van der Waals surface area (Å²) < 4.78 is 6.42. The zero-order valence-corrected chi connectivity index (χ0v) is 48.7. The number of rotatable bonds is 22. The van der Waals surface area contributed by atoms with Crippen LogP contribution in [-0.2, 0) is 28.8 Å². The number of aliphatic carboxylic acids is 1. The number of nitrogens with one attached hydrogen (secondary N) is 2. The summed E-state index contributed by atoms with van der Waals surface area (Å²) in [7, 11) is 1.59. The van der Waals surface area contributed by atoms with Crippen LogP contribution in [0.2, 0.25) is 0 Å². The number of hydrogen-bond donors (Lipinski definition) is 5. The molecule has 6 aliphatic carbocycles. The number of ketones is 2. The number of amides is 4. The molecule has 0 spiro atoms. The summed E-state index contributed by atoms with van der Waals surface area (Å²) in [6, 6.07) is 5.80. The van der Waals surface area contributed by atoms with Gasteiger partial charge in [0.2, 0.25) is 17.7 Å². The van der Waals surface area contributed by atoms with Gasteiger partial charge in [-0.05, 0) is 169 Å². The Balaban J connectivity index is 0.775. The lowest BCUT2D eigenvalue weighted by Gasteiger charge is -2.80. The van der Waals surface area contributed by atoms with Crippen molar-refractivity contribution in [3.05, 3.63) is 45.5 Å². The number of nitrogens with zero attached hydrogens (tertiary/aromatic N) is 4. The summed E-state index contributed by atoms with van der Waals surface area (Å²) in [6.45, 7) is 16.0. The highest BCUT2D eigenvalue weighted by Gasteiger charge is 2.79. The number of allylic oxidation sites excluding steroid dienone is 4. The summed E-state index contributed by atoms with van der Waals surface area (Å²) in [5.41, 5.74) is 0.749. The third-order valence-corrected chi connectivity index (χ3v) is 21.6. The summed E-state index contributed by atoms with van der Waals surface area (Å²) in [6.07, 6.45) is 10.1. The molecular formula is C61H84N6O11S. The molecule has 5 saturated carbocycles. The van der Waals surface area contributed by atoms with Gasteiger partial charge in [0.1, 0.15) is 17.9 Å². The van der Waals surface area contributed by atoms with Crippen molar-refractivity contribution in [3.63, 3.8) is 0 Å². The number of aliphatic hydroxyl groups is 2. The number of aromatic nitrogens is 1. The lowest BCUT2D eigenvalue weighted by molar-refractivity contribution is -0.355. The maximum Gasteiger partial charge on any atom is 0.415 e. The quantitative estimate of drug-likeness (QED) is 0.0546. The predicted molar refractivity (Wildman–Crippen MR) is 298 cm³/mol. The summed E-state index contributed by atoms with van der Waals surface area (Å²) >= 11 is 1.16. The van der Waals surface area contributed by atoms with Crippen LogP contribution < -0.4 is 15.4 Å². The second-order valence-corrected chi connectivity index (χ2v) is 26.8. The van der Waals surface area contributed by atoms with E-state index >= 15 is 0 Å². The number of carbonyl (C=O) groups is 7. The minimum absolute atomic E-state index is 0.0478. The molecule has 5 fully saturated rings. The number of hydrogen-bond acceptors (Lipinski definition) is 13. The number of nitriles is 1. The average Bonchev–Trinajstić information content (AvgIpc) is 2.18. The summed E-state index contributed by atoms with van der Waals surface area (Å²) in [4.78, 5) is 99.5. The Morgan fingerprint density at radius 1 is 0.937 bits per heavy atom. The van der Waals surface area contributed by atoms with Gasteiger partial charge in [0.15, 0.2) is 16.6 Å². The molecule has 18 heteroatoms. The molecule has 0 radical (unpaired) electrons. The highest BCUT2D eigenvalue weighted by Crippen LogP contribution is 2.83. The molecule has 1 aromatic carbocycles. The van der Waals surface area contributed by atoms with Crippen LogP contribution in [0.3, 0.4) is 0 Å². The normalized spacial score (nSPS) is 29.8. The molecule has 4 amide bonds. The van der Waals surface area contributed by atoms with Crippen molar-refractivity contribution < 1.29 is 53.6 Å². The van der Waals surface area contributed by atoms with Gasteiger partial charge >= 0.3 is 12.1 Å². The first-order chi connectivity index (χ1) is 37.2. The molecule has 6 aliphatic rings. The van der Waals surface area contributed by atoms with Crippen molar-refractivity contribution in [2.24, 2.45) is 51.2 Å². The number of likely N-dealkylation sites (N-methyl/N-ethyl adjacent to an activating group) is 1. The van der Waals surface area contributed by atoms with Gasteiger partial charge in [-0.2, -0.15) is 5.26 Å². The highest BCUT2D eigenvalue weighted by atomic mass is 32.1. The number of aliphatic hydroxyl groups excluding tert-OH is 1. The largest absolute Gasteiger partial charge is 0.480 e. The van der Waals surface area contributed by atoms with Gasteiger partial charge in [-0.15, -0.1) is 11.3 Å². The number of benzene rings is 1. The first-order valence-electron chi connectivity index (χ1n) is 28.9. The summed E-state index contributed by atoms with van der Waals surface area (Å²) in [5.74, 6) is -0.425. The second-order valence-electron chi connectivity index (χ2n) is 25.8. The van der Waals surface area contributed by atoms with E-state index in [0.717, 1.165) is 69.1 Å². The Hall–Kier alpha value is -5.51. The number of carbonyl (C=O) groups excluding carboxylic acids is 6. The van der Waals surface area contributed by atoms with Crippen LogP contribution >= 0.6 is 11.3 Å². The third-order valence-electron chi connectivity index (χ3n) is 20.7. The molecule has 430 valence electrons. The van der Waals surface area contributed by atoms with Crippen LogP contribution in [0, 0.1) is 62.6 Å². The smallest absolute Gasteiger partial charge is 0.415 e. The lowest BCUT2D eigenvalue weighted by atomic mass is 9.26. The van der Waals surface area contributed by atoms with Crippen molar-refractivity contribution in [1.29, 1.82) is 5.26 Å². The van der Waals surface area contributed by atoms with E-state index in [-0.39, 0.29) is 133 Å². The Labute approximate surface area is 469 Å². The van der Waals surface area contributed by atoms with Crippen molar-refractivity contribution >= 4 is 62.9 Å². The monoisotopic (exact) mass is 1110 g/mol. The maximum absolute atomic E-state index is 13.7. The van der Waals surface area contributed by atoms with Crippen LogP contribution in [0.1, 0.15) is 170 Å².